The highest BCUT2D eigenvalue weighted by Crippen LogP contribution is 2.27. The van der Waals surface area contributed by atoms with Crippen molar-refractivity contribution in [2.24, 2.45) is 0 Å². The molecule has 2 rings (SSSR count). The van der Waals surface area contributed by atoms with Crippen LogP contribution < -0.4 is 0 Å². The molecule has 0 unspecified atom stereocenters. The maximum Gasteiger partial charge on any atom is 0.194 e. The quantitative estimate of drug-likeness (QED) is 0.701. The largest absolute Gasteiger partial charge is 0.289 e. The molecule has 0 radical (unpaired) electrons. The van der Waals surface area contributed by atoms with Crippen LogP contribution in [0.25, 0.3) is 0 Å². The summed E-state index contributed by atoms with van der Waals surface area (Å²) in [4.78, 5) is 12.4. The van der Waals surface area contributed by atoms with Gasteiger partial charge in [-0.2, -0.15) is 0 Å². The van der Waals surface area contributed by atoms with Gasteiger partial charge in [-0.1, -0.05) is 68.8 Å². The van der Waals surface area contributed by atoms with Crippen LogP contribution >= 0.6 is 11.6 Å². The minimum absolute atomic E-state index is 0.0311. The fourth-order valence-electron chi connectivity index (χ4n) is 2.08. The minimum atomic E-state index is -0.0311. The van der Waals surface area contributed by atoms with Crippen molar-refractivity contribution in [1.82, 2.24) is 0 Å². The maximum absolute atomic E-state index is 12.4. The molecule has 2 heteroatoms. The molecule has 0 heterocycles. The molecule has 0 N–H and O–H groups in total. The first-order valence-electron chi connectivity index (χ1n) is 6.85. The Labute approximate surface area is 125 Å². The summed E-state index contributed by atoms with van der Waals surface area (Å²) in [5, 5.41) is 0.496. The fourth-order valence-corrected chi connectivity index (χ4v) is 2.30. The lowest BCUT2D eigenvalue weighted by atomic mass is 9.82. The second-order valence-electron chi connectivity index (χ2n) is 5.62. The van der Waals surface area contributed by atoms with Gasteiger partial charge >= 0.3 is 0 Å². The van der Waals surface area contributed by atoms with E-state index in [9.17, 15) is 4.79 Å². The molecular formula is C18H19ClO. The third kappa shape index (κ3) is 2.94. The SMILES string of the molecule is CCC(C)(C)c1ccc(C(=O)c2ccccc2Cl)cc1. The van der Waals surface area contributed by atoms with Crippen LogP contribution in [-0.2, 0) is 5.41 Å². The smallest absolute Gasteiger partial charge is 0.194 e. The highest BCUT2D eigenvalue weighted by Gasteiger charge is 2.19. The first-order valence-corrected chi connectivity index (χ1v) is 7.23. The van der Waals surface area contributed by atoms with Gasteiger partial charge in [0.1, 0.15) is 0 Å². The van der Waals surface area contributed by atoms with Crippen molar-refractivity contribution in [3.63, 3.8) is 0 Å². The maximum atomic E-state index is 12.4. The molecule has 0 aliphatic rings. The number of carbonyl (C=O) groups is 1. The van der Waals surface area contributed by atoms with E-state index in [-0.39, 0.29) is 11.2 Å². The van der Waals surface area contributed by atoms with E-state index in [4.69, 9.17) is 11.6 Å². The summed E-state index contributed by atoms with van der Waals surface area (Å²) in [7, 11) is 0. The Morgan fingerprint density at radius 1 is 1.05 bits per heavy atom. The number of ketones is 1. The highest BCUT2D eigenvalue weighted by atomic mass is 35.5. The van der Waals surface area contributed by atoms with Crippen LogP contribution in [-0.4, -0.2) is 5.78 Å². The third-order valence-electron chi connectivity index (χ3n) is 3.93. The molecule has 0 saturated carbocycles. The first kappa shape index (κ1) is 14.8. The van der Waals surface area contributed by atoms with Gasteiger partial charge in [0.2, 0.25) is 0 Å². The van der Waals surface area contributed by atoms with E-state index in [0.29, 0.717) is 16.1 Å². The number of benzene rings is 2. The van der Waals surface area contributed by atoms with Crippen LogP contribution in [0, 0.1) is 0 Å². The van der Waals surface area contributed by atoms with E-state index in [1.807, 2.05) is 36.4 Å². The summed E-state index contributed by atoms with van der Waals surface area (Å²) >= 11 is 6.07. The fraction of sp³-hybridized carbons (Fsp3) is 0.278. The van der Waals surface area contributed by atoms with Crippen molar-refractivity contribution in [2.45, 2.75) is 32.6 Å². The summed E-state index contributed by atoms with van der Waals surface area (Å²) in [5.41, 5.74) is 2.60. The molecule has 0 fully saturated rings. The molecule has 0 spiro atoms. The zero-order valence-corrected chi connectivity index (χ0v) is 12.9. The van der Waals surface area contributed by atoms with Gasteiger partial charge in [0.25, 0.3) is 0 Å². The van der Waals surface area contributed by atoms with Crippen LogP contribution in [0.5, 0.6) is 0 Å². The Bertz CT molecular complexity index is 612. The number of hydrogen-bond donors (Lipinski definition) is 0. The first-order chi connectivity index (χ1) is 9.45. The number of carbonyl (C=O) groups excluding carboxylic acids is 1. The average Bonchev–Trinajstić information content (AvgIpc) is 2.47. The van der Waals surface area contributed by atoms with Gasteiger partial charge < -0.3 is 0 Å². The predicted molar refractivity (Wildman–Crippen MR) is 84.6 cm³/mol. The second kappa shape index (κ2) is 5.80. The van der Waals surface area contributed by atoms with Gasteiger partial charge in [-0.3, -0.25) is 4.79 Å². The number of rotatable bonds is 4. The third-order valence-corrected chi connectivity index (χ3v) is 4.26. The Morgan fingerprint density at radius 2 is 1.65 bits per heavy atom. The molecule has 2 aromatic rings. The summed E-state index contributed by atoms with van der Waals surface area (Å²) in [6, 6.07) is 15.0. The predicted octanol–water partition coefficient (Wildman–Crippen LogP) is 5.26. The lowest BCUT2D eigenvalue weighted by Crippen LogP contribution is -2.15. The topological polar surface area (TPSA) is 17.1 Å². The molecule has 0 atom stereocenters. The van der Waals surface area contributed by atoms with E-state index >= 15 is 0 Å². The Kier molecular flexibility index (Phi) is 4.29. The minimum Gasteiger partial charge on any atom is -0.289 e. The van der Waals surface area contributed by atoms with Gasteiger partial charge in [-0.15, -0.1) is 0 Å². The standard InChI is InChI=1S/C18H19ClO/c1-4-18(2,3)14-11-9-13(10-12-14)17(20)15-7-5-6-8-16(15)19/h5-12H,4H2,1-3H3. The van der Waals surface area contributed by atoms with Crippen LogP contribution in [0.4, 0.5) is 0 Å². The van der Waals surface area contributed by atoms with Crippen molar-refractivity contribution in [3.8, 4) is 0 Å². The summed E-state index contributed by atoms with van der Waals surface area (Å²) in [6.07, 6.45) is 1.06. The van der Waals surface area contributed by atoms with Gasteiger partial charge in [0, 0.05) is 11.1 Å². The molecule has 20 heavy (non-hydrogen) atoms. The molecule has 0 bridgehead atoms. The van der Waals surface area contributed by atoms with Crippen molar-refractivity contribution in [2.75, 3.05) is 0 Å². The average molecular weight is 287 g/mol. The molecule has 0 aromatic heterocycles. The van der Waals surface area contributed by atoms with Gasteiger partial charge in [-0.05, 0) is 29.5 Å². The van der Waals surface area contributed by atoms with Crippen molar-refractivity contribution in [3.05, 3.63) is 70.2 Å². The highest BCUT2D eigenvalue weighted by molar-refractivity contribution is 6.34. The van der Waals surface area contributed by atoms with E-state index in [0.717, 1.165) is 6.42 Å². The van der Waals surface area contributed by atoms with Crippen molar-refractivity contribution >= 4 is 17.4 Å². The van der Waals surface area contributed by atoms with Gasteiger partial charge in [-0.25, -0.2) is 0 Å². The molecular weight excluding hydrogens is 268 g/mol. The molecule has 0 saturated heterocycles. The normalized spacial score (nSPS) is 11.4. The molecule has 0 amide bonds. The van der Waals surface area contributed by atoms with E-state index in [2.05, 4.69) is 20.8 Å². The van der Waals surface area contributed by atoms with Crippen LogP contribution in [0.3, 0.4) is 0 Å². The molecule has 0 aliphatic carbocycles. The second-order valence-corrected chi connectivity index (χ2v) is 6.03. The summed E-state index contributed by atoms with van der Waals surface area (Å²) in [6.45, 7) is 6.58. The lowest BCUT2D eigenvalue weighted by molar-refractivity contribution is 0.103. The molecule has 2 aromatic carbocycles. The van der Waals surface area contributed by atoms with E-state index < -0.39 is 0 Å². The van der Waals surface area contributed by atoms with Crippen molar-refractivity contribution < 1.29 is 4.79 Å². The van der Waals surface area contributed by atoms with Crippen LogP contribution in [0.2, 0.25) is 5.02 Å². The van der Waals surface area contributed by atoms with Crippen molar-refractivity contribution in [1.29, 1.82) is 0 Å². The molecule has 104 valence electrons. The monoisotopic (exact) mass is 286 g/mol. The number of hydrogen-bond acceptors (Lipinski definition) is 1. The molecule has 1 nitrogen and oxygen atoms in total. The zero-order chi connectivity index (χ0) is 14.8. The number of halogens is 1. The lowest BCUT2D eigenvalue weighted by Gasteiger charge is -2.23. The van der Waals surface area contributed by atoms with Crippen LogP contribution in [0.1, 0.15) is 48.7 Å². The Hall–Kier alpha value is -1.60. The molecule has 0 aliphatic heterocycles. The Balaban J connectivity index is 2.32. The zero-order valence-electron chi connectivity index (χ0n) is 12.1. The van der Waals surface area contributed by atoms with Crippen LogP contribution in [0.15, 0.2) is 48.5 Å². The van der Waals surface area contributed by atoms with Gasteiger partial charge in [0.05, 0.1) is 5.02 Å². The summed E-state index contributed by atoms with van der Waals surface area (Å²) in [5.74, 6) is -0.0311. The Morgan fingerprint density at radius 3 is 2.20 bits per heavy atom. The van der Waals surface area contributed by atoms with Gasteiger partial charge in [0.15, 0.2) is 5.78 Å². The van der Waals surface area contributed by atoms with E-state index in [1.165, 1.54) is 5.56 Å². The summed E-state index contributed by atoms with van der Waals surface area (Å²) < 4.78 is 0. The van der Waals surface area contributed by atoms with E-state index in [1.54, 1.807) is 12.1 Å².